The average Bonchev–Trinajstić information content (AvgIpc) is 3.29. The molecular weight excluding hydrogens is 316 g/mol. The van der Waals surface area contributed by atoms with Crippen molar-refractivity contribution in [2.75, 3.05) is 6.54 Å². The van der Waals surface area contributed by atoms with Gasteiger partial charge in [0.05, 0.1) is 5.54 Å². The molecule has 1 fully saturated rings. The molecule has 1 amide bonds. The second-order valence-electron chi connectivity index (χ2n) is 5.95. The zero-order valence-corrected chi connectivity index (χ0v) is 13.8. The van der Waals surface area contributed by atoms with Gasteiger partial charge < -0.3 is 11.1 Å². The molecule has 1 saturated carbocycles. The Morgan fingerprint density at radius 3 is 2.70 bits per heavy atom. The van der Waals surface area contributed by atoms with Gasteiger partial charge in [-0.25, -0.2) is 0 Å². The minimum atomic E-state index is -0.333. The quantitative estimate of drug-likeness (QED) is 0.820. The molecule has 0 aliphatic heterocycles. The van der Waals surface area contributed by atoms with Crippen molar-refractivity contribution < 1.29 is 4.79 Å². The third-order valence-corrected chi connectivity index (χ3v) is 4.10. The van der Waals surface area contributed by atoms with Crippen molar-refractivity contribution in [2.45, 2.75) is 31.8 Å². The van der Waals surface area contributed by atoms with Gasteiger partial charge in [0.15, 0.2) is 0 Å². The fourth-order valence-corrected chi connectivity index (χ4v) is 2.54. The molecule has 1 aliphatic rings. The van der Waals surface area contributed by atoms with Crippen LogP contribution in [0.15, 0.2) is 30.3 Å². The fourth-order valence-electron chi connectivity index (χ4n) is 2.54. The van der Waals surface area contributed by atoms with Crippen LogP contribution in [0.25, 0.3) is 11.4 Å². The topological polar surface area (TPSA) is 98.7 Å². The summed E-state index contributed by atoms with van der Waals surface area (Å²) in [6.45, 7) is 2.47. The molecule has 124 valence electrons. The zero-order valence-electron chi connectivity index (χ0n) is 13.0. The van der Waals surface area contributed by atoms with E-state index in [1.807, 2.05) is 37.3 Å². The zero-order chi connectivity index (χ0) is 15.6. The molecule has 3 rings (SSSR count). The van der Waals surface area contributed by atoms with E-state index >= 15 is 0 Å². The lowest BCUT2D eigenvalue weighted by molar-refractivity contribution is -0.124. The summed E-state index contributed by atoms with van der Waals surface area (Å²) < 4.78 is 0. The summed E-state index contributed by atoms with van der Waals surface area (Å²) in [5, 5.41) is 15.2. The lowest BCUT2D eigenvalue weighted by Crippen LogP contribution is -2.54. The number of amides is 1. The number of aromatic nitrogens is 4. The average molecular weight is 337 g/mol. The molecule has 1 unspecified atom stereocenters. The smallest absolute Gasteiger partial charge is 0.244 e. The predicted molar refractivity (Wildman–Crippen MR) is 88.8 cm³/mol. The normalized spacial score (nSPS) is 16.3. The van der Waals surface area contributed by atoms with Crippen molar-refractivity contribution in [3.63, 3.8) is 0 Å². The van der Waals surface area contributed by atoms with Gasteiger partial charge in [0.1, 0.15) is 6.54 Å². The molecule has 7 nitrogen and oxygen atoms in total. The molecule has 0 bridgehead atoms. The highest BCUT2D eigenvalue weighted by Gasteiger charge is 2.41. The molecule has 0 saturated heterocycles. The summed E-state index contributed by atoms with van der Waals surface area (Å²) in [5.41, 5.74) is 6.35. The first-order valence-electron chi connectivity index (χ1n) is 7.45. The molecule has 8 heteroatoms. The molecule has 1 aromatic carbocycles. The highest BCUT2D eigenvalue weighted by Crippen LogP contribution is 2.38. The van der Waals surface area contributed by atoms with Crippen LogP contribution >= 0.6 is 12.4 Å². The molecule has 1 aromatic heterocycles. The minimum Gasteiger partial charge on any atom is -0.348 e. The van der Waals surface area contributed by atoms with Gasteiger partial charge in [-0.2, -0.15) is 4.80 Å². The van der Waals surface area contributed by atoms with E-state index in [1.165, 1.54) is 4.80 Å². The van der Waals surface area contributed by atoms with Crippen LogP contribution in [0, 0.1) is 5.92 Å². The van der Waals surface area contributed by atoms with E-state index in [1.54, 1.807) is 0 Å². The third-order valence-electron chi connectivity index (χ3n) is 4.10. The van der Waals surface area contributed by atoms with Gasteiger partial charge in [-0.15, -0.1) is 22.6 Å². The molecule has 3 N–H and O–H groups in total. The number of carbonyl (C=O) groups is 1. The van der Waals surface area contributed by atoms with Gasteiger partial charge in [0.2, 0.25) is 11.7 Å². The highest BCUT2D eigenvalue weighted by molar-refractivity contribution is 5.85. The SMILES string of the molecule is CC(CN)(NC(=O)Cn1nnc(-c2ccccc2)n1)C1CC1.Cl. The van der Waals surface area contributed by atoms with Gasteiger partial charge in [-0.05, 0) is 30.9 Å². The van der Waals surface area contributed by atoms with Crippen molar-refractivity contribution in [3.05, 3.63) is 30.3 Å². The second kappa shape index (κ2) is 7.06. The summed E-state index contributed by atoms with van der Waals surface area (Å²) in [6, 6.07) is 9.54. The lowest BCUT2D eigenvalue weighted by Gasteiger charge is -2.29. The molecule has 1 aliphatic carbocycles. The Kier molecular flexibility index (Phi) is 5.33. The van der Waals surface area contributed by atoms with Gasteiger partial charge in [0.25, 0.3) is 0 Å². The van der Waals surface area contributed by atoms with Crippen LogP contribution in [0.5, 0.6) is 0 Å². The second-order valence-corrected chi connectivity index (χ2v) is 5.95. The Morgan fingerprint density at radius 1 is 1.39 bits per heavy atom. The maximum atomic E-state index is 12.2. The van der Waals surface area contributed by atoms with Crippen LogP contribution < -0.4 is 11.1 Å². The molecule has 0 radical (unpaired) electrons. The number of benzene rings is 1. The van der Waals surface area contributed by atoms with E-state index in [9.17, 15) is 4.79 Å². The number of hydrogen-bond donors (Lipinski definition) is 2. The minimum absolute atomic E-state index is 0. The summed E-state index contributed by atoms with van der Waals surface area (Å²) >= 11 is 0. The first-order chi connectivity index (χ1) is 10.6. The molecule has 1 atom stereocenters. The van der Waals surface area contributed by atoms with Crippen molar-refractivity contribution in [3.8, 4) is 11.4 Å². The van der Waals surface area contributed by atoms with Gasteiger partial charge in [-0.3, -0.25) is 4.79 Å². The first kappa shape index (κ1) is 17.4. The van der Waals surface area contributed by atoms with E-state index in [-0.39, 0.29) is 30.4 Å². The van der Waals surface area contributed by atoms with Gasteiger partial charge >= 0.3 is 0 Å². The Morgan fingerprint density at radius 2 is 2.09 bits per heavy atom. The van der Waals surface area contributed by atoms with Crippen LogP contribution in [0.1, 0.15) is 19.8 Å². The monoisotopic (exact) mass is 336 g/mol. The van der Waals surface area contributed by atoms with Crippen LogP contribution in [0.3, 0.4) is 0 Å². The first-order valence-corrected chi connectivity index (χ1v) is 7.45. The summed E-state index contributed by atoms with van der Waals surface area (Å²) in [5.74, 6) is 0.846. The number of rotatable bonds is 6. The fraction of sp³-hybridized carbons (Fsp3) is 0.467. The Labute approximate surface area is 141 Å². The van der Waals surface area contributed by atoms with E-state index in [0.717, 1.165) is 18.4 Å². The molecule has 0 spiro atoms. The number of hydrogen-bond acceptors (Lipinski definition) is 5. The maximum absolute atomic E-state index is 12.2. The van der Waals surface area contributed by atoms with Crippen LogP contribution in [-0.2, 0) is 11.3 Å². The van der Waals surface area contributed by atoms with E-state index in [4.69, 9.17) is 5.73 Å². The predicted octanol–water partition coefficient (Wildman–Crippen LogP) is 1.01. The highest BCUT2D eigenvalue weighted by atomic mass is 35.5. The van der Waals surface area contributed by atoms with Crippen LogP contribution in [0.2, 0.25) is 0 Å². The molecule has 2 aromatic rings. The van der Waals surface area contributed by atoms with Crippen molar-refractivity contribution in [1.82, 2.24) is 25.5 Å². The standard InChI is InChI=1S/C15H20N6O.ClH/c1-15(10-16,12-7-8-12)17-13(22)9-21-19-14(18-20-21)11-5-3-2-4-6-11;/h2-6,12H,7-10,16H2,1H3,(H,17,22);1H. The summed E-state index contributed by atoms with van der Waals surface area (Å²) in [7, 11) is 0. The number of nitrogens with two attached hydrogens (primary N) is 1. The molecular formula is C15H21ClN6O. The largest absolute Gasteiger partial charge is 0.348 e. The number of nitrogens with zero attached hydrogens (tertiary/aromatic N) is 4. The van der Waals surface area contributed by atoms with Crippen LogP contribution in [-0.4, -0.2) is 38.2 Å². The summed E-state index contributed by atoms with van der Waals surface area (Å²) in [4.78, 5) is 13.5. The van der Waals surface area contributed by atoms with E-state index in [2.05, 4.69) is 20.7 Å². The Balaban J connectivity index is 0.00000192. The third kappa shape index (κ3) is 4.05. The number of carbonyl (C=O) groups excluding carboxylic acids is 1. The van der Waals surface area contributed by atoms with E-state index in [0.29, 0.717) is 18.3 Å². The Bertz CT molecular complexity index is 657. The van der Waals surface area contributed by atoms with Crippen molar-refractivity contribution in [2.24, 2.45) is 11.7 Å². The molecule has 1 heterocycles. The van der Waals surface area contributed by atoms with E-state index < -0.39 is 0 Å². The number of tetrazole rings is 1. The number of nitrogens with one attached hydrogen (secondary N) is 1. The Hall–Kier alpha value is -1.99. The van der Waals surface area contributed by atoms with Crippen LogP contribution in [0.4, 0.5) is 0 Å². The molecule has 23 heavy (non-hydrogen) atoms. The maximum Gasteiger partial charge on any atom is 0.244 e. The van der Waals surface area contributed by atoms with Gasteiger partial charge in [0, 0.05) is 12.1 Å². The number of halogens is 1. The lowest BCUT2D eigenvalue weighted by atomic mass is 9.96. The summed E-state index contributed by atoms with van der Waals surface area (Å²) in [6.07, 6.45) is 2.24. The van der Waals surface area contributed by atoms with Gasteiger partial charge in [-0.1, -0.05) is 30.3 Å². The van der Waals surface area contributed by atoms with Crippen molar-refractivity contribution in [1.29, 1.82) is 0 Å². The van der Waals surface area contributed by atoms with Crippen molar-refractivity contribution >= 4 is 18.3 Å².